The number of hydrogen-bond donors (Lipinski definition) is 1. The molecule has 0 aliphatic rings. The van der Waals surface area contributed by atoms with Gasteiger partial charge in [-0.3, -0.25) is 0 Å². The van der Waals surface area contributed by atoms with Crippen molar-refractivity contribution >= 4 is 42.9 Å². The molecule has 0 bridgehead atoms. The maximum atomic E-state index is 11.0. The van der Waals surface area contributed by atoms with Crippen LogP contribution in [-0.2, 0) is 9.05 Å². The van der Waals surface area contributed by atoms with E-state index in [1.165, 1.54) is 6.07 Å². The summed E-state index contributed by atoms with van der Waals surface area (Å²) in [7, 11) is 1.16. The average Bonchev–Trinajstić information content (AvgIpc) is 2.70. The van der Waals surface area contributed by atoms with Crippen molar-refractivity contribution < 1.29 is 8.42 Å². The first-order chi connectivity index (χ1) is 7.88. The summed E-state index contributed by atoms with van der Waals surface area (Å²) < 4.78 is 22.0. The third kappa shape index (κ3) is 2.71. The van der Waals surface area contributed by atoms with Crippen molar-refractivity contribution in [2.45, 2.75) is 5.16 Å². The van der Waals surface area contributed by atoms with Crippen LogP contribution in [0.15, 0.2) is 23.4 Å². The van der Waals surface area contributed by atoms with Gasteiger partial charge < -0.3 is 0 Å². The highest BCUT2D eigenvalue weighted by Gasteiger charge is 2.18. The molecule has 0 amide bonds. The molecule has 0 saturated heterocycles. The van der Waals surface area contributed by atoms with Crippen molar-refractivity contribution in [2.24, 2.45) is 0 Å². The molecule has 5 nitrogen and oxygen atoms in total. The summed E-state index contributed by atoms with van der Waals surface area (Å²) in [5, 5.41) is 6.27. The molecule has 1 heterocycles. The molecule has 0 fully saturated rings. The Morgan fingerprint density at radius 1 is 1.24 bits per heavy atom. The van der Waals surface area contributed by atoms with Crippen LogP contribution in [0.2, 0.25) is 10.0 Å². The summed E-state index contributed by atoms with van der Waals surface area (Å²) in [5.41, 5.74) is 0.419. The van der Waals surface area contributed by atoms with E-state index in [2.05, 4.69) is 15.2 Å². The molecule has 2 aromatic rings. The second-order valence-electron chi connectivity index (χ2n) is 3.03. The predicted octanol–water partition coefficient (Wildman–Crippen LogP) is 2.71. The zero-order valence-corrected chi connectivity index (χ0v) is 11.1. The molecule has 0 saturated carbocycles. The van der Waals surface area contributed by atoms with Gasteiger partial charge in [-0.25, -0.2) is 13.5 Å². The Bertz CT molecular complexity index is 668. The summed E-state index contributed by atoms with van der Waals surface area (Å²) in [6.07, 6.45) is 0. The van der Waals surface area contributed by atoms with E-state index in [0.717, 1.165) is 0 Å². The van der Waals surface area contributed by atoms with Crippen LogP contribution in [0.1, 0.15) is 0 Å². The van der Waals surface area contributed by atoms with Crippen LogP contribution in [0.3, 0.4) is 0 Å². The number of rotatable bonds is 2. The highest BCUT2D eigenvalue weighted by molar-refractivity contribution is 8.13. The second kappa shape index (κ2) is 4.45. The summed E-state index contributed by atoms with van der Waals surface area (Å²) in [6, 6.07) is 4.68. The van der Waals surface area contributed by atoms with Crippen LogP contribution in [0, 0.1) is 0 Å². The number of benzene rings is 1. The maximum absolute atomic E-state index is 11.0. The predicted molar refractivity (Wildman–Crippen MR) is 64.9 cm³/mol. The molecular weight excluding hydrogens is 309 g/mol. The van der Waals surface area contributed by atoms with Gasteiger partial charge in [0.25, 0.3) is 14.2 Å². The highest BCUT2D eigenvalue weighted by Crippen LogP contribution is 2.28. The van der Waals surface area contributed by atoms with E-state index >= 15 is 0 Å². The molecule has 1 N–H and O–H groups in total. The Morgan fingerprint density at radius 3 is 2.53 bits per heavy atom. The van der Waals surface area contributed by atoms with Gasteiger partial charge in [-0.15, -0.1) is 0 Å². The average molecular weight is 313 g/mol. The standard InChI is InChI=1S/C8H4Cl3N3O2S/c9-4-1-2-6(10)5(3-4)7-12-8(14-13-7)17(11,15)16/h1-3H,(H,12,13,14). The summed E-state index contributed by atoms with van der Waals surface area (Å²) in [5.74, 6) is 0.108. The van der Waals surface area contributed by atoms with Crippen molar-refractivity contribution in [2.75, 3.05) is 0 Å². The first-order valence-electron chi connectivity index (χ1n) is 4.20. The molecule has 0 radical (unpaired) electrons. The lowest BCUT2D eigenvalue weighted by molar-refractivity contribution is 0.602. The Hall–Kier alpha value is -0.820. The van der Waals surface area contributed by atoms with Crippen LogP contribution >= 0.6 is 33.9 Å². The fourth-order valence-electron chi connectivity index (χ4n) is 1.15. The van der Waals surface area contributed by atoms with E-state index in [-0.39, 0.29) is 5.82 Å². The van der Waals surface area contributed by atoms with Crippen molar-refractivity contribution in [3.8, 4) is 11.4 Å². The zero-order valence-electron chi connectivity index (χ0n) is 7.99. The molecule has 1 aromatic carbocycles. The summed E-state index contributed by atoms with van der Waals surface area (Å²) >= 11 is 11.7. The number of aromatic nitrogens is 3. The van der Waals surface area contributed by atoms with E-state index in [9.17, 15) is 8.42 Å². The van der Waals surface area contributed by atoms with Gasteiger partial charge in [-0.2, -0.15) is 10.1 Å². The zero-order chi connectivity index (χ0) is 12.6. The number of nitrogens with zero attached hydrogens (tertiary/aromatic N) is 2. The van der Waals surface area contributed by atoms with Gasteiger partial charge in [0.2, 0.25) is 0 Å². The van der Waals surface area contributed by atoms with Gasteiger partial charge >= 0.3 is 0 Å². The fourth-order valence-corrected chi connectivity index (χ4v) is 2.08. The van der Waals surface area contributed by atoms with Crippen molar-refractivity contribution in [3.05, 3.63) is 28.2 Å². The van der Waals surface area contributed by atoms with Crippen LogP contribution in [0.5, 0.6) is 0 Å². The number of nitrogens with one attached hydrogen (secondary N) is 1. The van der Waals surface area contributed by atoms with E-state index in [1.807, 2.05) is 0 Å². The van der Waals surface area contributed by atoms with Gasteiger partial charge in [-0.1, -0.05) is 23.2 Å². The number of halogens is 3. The highest BCUT2D eigenvalue weighted by atomic mass is 35.7. The van der Waals surface area contributed by atoms with E-state index in [1.54, 1.807) is 12.1 Å². The van der Waals surface area contributed by atoms with Crippen LogP contribution in [0.25, 0.3) is 11.4 Å². The van der Waals surface area contributed by atoms with Crippen molar-refractivity contribution in [1.82, 2.24) is 15.2 Å². The third-order valence-corrected chi connectivity index (χ3v) is 3.51. The molecule has 1 aromatic heterocycles. The second-order valence-corrected chi connectivity index (χ2v) is 6.35. The third-order valence-electron chi connectivity index (χ3n) is 1.87. The van der Waals surface area contributed by atoms with Crippen molar-refractivity contribution in [3.63, 3.8) is 0 Å². The number of H-pyrrole nitrogens is 1. The lowest BCUT2D eigenvalue weighted by Gasteiger charge is -1.99. The lowest BCUT2D eigenvalue weighted by Crippen LogP contribution is -1.92. The monoisotopic (exact) mass is 311 g/mol. The summed E-state index contributed by atoms with van der Waals surface area (Å²) in [4.78, 5) is 3.72. The van der Waals surface area contributed by atoms with Gasteiger partial charge in [-0.05, 0) is 18.2 Å². The molecule has 90 valence electrons. The van der Waals surface area contributed by atoms with E-state index in [0.29, 0.717) is 15.6 Å². The van der Waals surface area contributed by atoms with Crippen molar-refractivity contribution in [1.29, 1.82) is 0 Å². The SMILES string of the molecule is O=S(=O)(Cl)c1nc(-c2cc(Cl)ccc2Cl)n[nH]1. The first-order valence-corrected chi connectivity index (χ1v) is 7.27. The molecule has 0 unspecified atom stereocenters. The van der Waals surface area contributed by atoms with E-state index < -0.39 is 14.2 Å². The van der Waals surface area contributed by atoms with Gasteiger partial charge in [0, 0.05) is 21.3 Å². The molecule has 0 atom stereocenters. The minimum absolute atomic E-state index is 0.108. The maximum Gasteiger partial charge on any atom is 0.296 e. The molecule has 0 aliphatic heterocycles. The quantitative estimate of drug-likeness (QED) is 0.865. The molecule has 2 rings (SSSR count). The van der Waals surface area contributed by atoms with E-state index in [4.69, 9.17) is 33.9 Å². The Balaban J connectivity index is 2.55. The first kappa shape index (κ1) is 12.6. The Kier molecular flexibility index (Phi) is 3.31. The molecule has 0 spiro atoms. The number of hydrogen-bond acceptors (Lipinski definition) is 4. The Labute approximate surface area is 111 Å². The molecular formula is C8H4Cl3N3O2S. The van der Waals surface area contributed by atoms with Crippen LogP contribution in [-0.4, -0.2) is 23.6 Å². The fraction of sp³-hybridized carbons (Fsp3) is 0. The largest absolute Gasteiger partial charge is 0.296 e. The minimum Gasteiger partial charge on any atom is -0.248 e. The van der Waals surface area contributed by atoms with Gasteiger partial charge in [0.1, 0.15) is 0 Å². The smallest absolute Gasteiger partial charge is 0.248 e. The molecule has 17 heavy (non-hydrogen) atoms. The Morgan fingerprint density at radius 2 is 1.94 bits per heavy atom. The molecule has 0 aliphatic carbocycles. The normalized spacial score (nSPS) is 11.7. The minimum atomic E-state index is -3.95. The topological polar surface area (TPSA) is 75.7 Å². The van der Waals surface area contributed by atoms with Crippen LogP contribution in [0.4, 0.5) is 0 Å². The van der Waals surface area contributed by atoms with Gasteiger partial charge in [0.05, 0.1) is 5.02 Å². The summed E-state index contributed by atoms with van der Waals surface area (Å²) in [6.45, 7) is 0. The molecule has 9 heteroatoms. The lowest BCUT2D eigenvalue weighted by atomic mass is 10.2. The van der Waals surface area contributed by atoms with Crippen LogP contribution < -0.4 is 0 Å². The number of aromatic amines is 1. The van der Waals surface area contributed by atoms with Gasteiger partial charge in [0.15, 0.2) is 5.82 Å².